The smallest absolute Gasteiger partial charge is 0.244 e. The lowest BCUT2D eigenvalue weighted by Gasteiger charge is -2.57. The predicted octanol–water partition coefficient (Wildman–Crippen LogP) is 3.89. The van der Waals surface area contributed by atoms with Gasteiger partial charge in [-0.3, -0.25) is 14.4 Å². The lowest BCUT2D eigenvalue weighted by atomic mass is 9.51. The van der Waals surface area contributed by atoms with Crippen molar-refractivity contribution in [3.63, 3.8) is 0 Å². The van der Waals surface area contributed by atoms with Crippen LogP contribution in [0, 0.1) is 11.3 Å². The van der Waals surface area contributed by atoms with Gasteiger partial charge in [0, 0.05) is 18.5 Å². The van der Waals surface area contributed by atoms with Gasteiger partial charge in [-0.05, 0) is 31.3 Å². The molecule has 1 fully saturated rings. The third-order valence-electron chi connectivity index (χ3n) is 5.59. The number of allylic oxidation sites excluding steroid dienone is 1. The largest absolute Gasteiger partial charge is 0.353 e. The van der Waals surface area contributed by atoms with Crippen molar-refractivity contribution in [2.75, 3.05) is 6.54 Å². The number of unbranched alkanes of at least 4 members (excludes halogenated alkanes) is 5. The third kappa shape index (κ3) is 5.44. The first-order valence-corrected chi connectivity index (χ1v) is 9.84. The van der Waals surface area contributed by atoms with E-state index in [9.17, 15) is 14.4 Å². The van der Waals surface area contributed by atoms with Gasteiger partial charge in [0.1, 0.15) is 5.78 Å². The first-order valence-electron chi connectivity index (χ1n) is 9.40. The number of ketones is 2. The lowest BCUT2D eigenvalue weighted by Crippen LogP contribution is -2.63. The highest BCUT2D eigenvalue weighted by molar-refractivity contribution is 7.83. The van der Waals surface area contributed by atoms with Gasteiger partial charge >= 0.3 is 0 Å². The molecular weight excluding hydrogens is 334 g/mol. The Labute approximate surface area is 157 Å². The number of hydrogen-bond acceptors (Lipinski definition) is 4. The van der Waals surface area contributed by atoms with E-state index in [2.05, 4.69) is 24.9 Å². The second-order valence-electron chi connectivity index (χ2n) is 7.69. The highest BCUT2D eigenvalue weighted by Gasteiger charge is 2.62. The van der Waals surface area contributed by atoms with Crippen molar-refractivity contribution in [2.45, 2.75) is 77.4 Å². The summed E-state index contributed by atoms with van der Waals surface area (Å²) in [7, 11) is 0. The number of nitrogens with one attached hydrogen (secondary N) is 1. The van der Waals surface area contributed by atoms with Gasteiger partial charge in [0.15, 0.2) is 5.78 Å². The molecule has 0 aromatic carbocycles. The minimum absolute atomic E-state index is 0.00876. The van der Waals surface area contributed by atoms with Gasteiger partial charge in [0.2, 0.25) is 5.91 Å². The average Bonchev–Trinajstić information content (AvgIpc) is 2.56. The summed E-state index contributed by atoms with van der Waals surface area (Å²) < 4.78 is -0.749. The van der Waals surface area contributed by atoms with Crippen molar-refractivity contribution in [2.24, 2.45) is 11.3 Å². The Bertz CT molecular complexity index is 527. The van der Waals surface area contributed by atoms with E-state index < -0.39 is 10.2 Å². The van der Waals surface area contributed by atoms with Gasteiger partial charge in [0.05, 0.1) is 4.75 Å². The molecule has 142 valence electrons. The van der Waals surface area contributed by atoms with Crippen LogP contribution in [0.25, 0.3) is 0 Å². The number of carbonyl (C=O) groups is 3. The van der Waals surface area contributed by atoms with E-state index in [1.807, 2.05) is 13.8 Å². The fraction of sp³-hybridized carbons (Fsp3) is 0.750. The summed E-state index contributed by atoms with van der Waals surface area (Å²) in [4.78, 5) is 35.9. The highest BCUT2D eigenvalue weighted by Crippen LogP contribution is 2.58. The molecule has 1 rings (SSSR count). The van der Waals surface area contributed by atoms with Crippen molar-refractivity contribution in [3.8, 4) is 0 Å². The summed E-state index contributed by atoms with van der Waals surface area (Å²) in [5.74, 6) is -0.615. The zero-order valence-electron chi connectivity index (χ0n) is 16.1. The zero-order valence-corrected chi connectivity index (χ0v) is 17.0. The second kappa shape index (κ2) is 9.56. The van der Waals surface area contributed by atoms with Crippen LogP contribution in [-0.4, -0.2) is 28.8 Å². The molecule has 0 bridgehead atoms. The Morgan fingerprint density at radius 3 is 2.24 bits per heavy atom. The molecule has 25 heavy (non-hydrogen) atoms. The third-order valence-corrected chi connectivity index (χ3v) is 6.66. The van der Waals surface area contributed by atoms with Crippen LogP contribution in [0.2, 0.25) is 0 Å². The summed E-state index contributed by atoms with van der Waals surface area (Å²) >= 11 is 4.49. The second-order valence-corrected chi connectivity index (χ2v) is 8.45. The first kappa shape index (κ1) is 21.9. The molecule has 1 saturated carbocycles. The van der Waals surface area contributed by atoms with Gasteiger partial charge in [-0.25, -0.2) is 0 Å². The SMILES string of the molecule is CCCCCCCCNC(=O)C=CC(=O)[C@@H]1C[C@](S)(C(C)=O)C1(C)C. The summed E-state index contributed by atoms with van der Waals surface area (Å²) in [5, 5.41) is 2.81. The number of Topliss-reactive ketones (excluding diaryl/α,β-unsaturated/α-hetero) is 1. The van der Waals surface area contributed by atoms with E-state index in [0.29, 0.717) is 13.0 Å². The average molecular weight is 368 g/mol. The molecule has 5 heteroatoms. The minimum Gasteiger partial charge on any atom is -0.353 e. The van der Waals surface area contributed by atoms with E-state index in [1.165, 1.54) is 44.8 Å². The summed E-state index contributed by atoms with van der Waals surface area (Å²) in [5.41, 5.74) is -0.502. The minimum atomic E-state index is -0.749. The fourth-order valence-electron chi connectivity index (χ4n) is 3.47. The number of carbonyl (C=O) groups excluding carboxylic acids is 3. The van der Waals surface area contributed by atoms with Crippen molar-refractivity contribution in [1.82, 2.24) is 5.32 Å². The van der Waals surface area contributed by atoms with Crippen LogP contribution in [0.15, 0.2) is 12.2 Å². The molecule has 0 saturated heterocycles. The zero-order chi connectivity index (χ0) is 19.1. The van der Waals surface area contributed by atoms with E-state index in [1.54, 1.807) is 0 Å². The van der Waals surface area contributed by atoms with E-state index in [0.717, 1.165) is 12.8 Å². The van der Waals surface area contributed by atoms with Crippen LogP contribution in [0.3, 0.4) is 0 Å². The van der Waals surface area contributed by atoms with Crippen molar-refractivity contribution >= 4 is 30.1 Å². The van der Waals surface area contributed by atoms with Crippen LogP contribution in [0.5, 0.6) is 0 Å². The van der Waals surface area contributed by atoms with Crippen LogP contribution in [-0.2, 0) is 14.4 Å². The normalized spacial score (nSPS) is 24.8. The van der Waals surface area contributed by atoms with Crippen LogP contribution < -0.4 is 5.32 Å². The molecule has 4 nitrogen and oxygen atoms in total. The Hall–Kier alpha value is -1.10. The standard InChI is InChI=1S/C20H33NO3S/c1-5-6-7-8-9-10-13-21-18(24)12-11-17(23)16-14-20(25,15(2)22)19(16,3)4/h11-12,16,25H,5-10,13-14H2,1-4H3,(H,21,24)/t16-,20-/m0/s1. The topological polar surface area (TPSA) is 63.2 Å². The molecule has 2 atom stereocenters. The van der Waals surface area contributed by atoms with Crippen molar-refractivity contribution in [3.05, 3.63) is 12.2 Å². The van der Waals surface area contributed by atoms with Gasteiger partial charge in [-0.1, -0.05) is 52.9 Å². The summed E-state index contributed by atoms with van der Waals surface area (Å²) in [6, 6.07) is 0. The van der Waals surface area contributed by atoms with Crippen molar-refractivity contribution in [1.29, 1.82) is 0 Å². The Kier molecular flexibility index (Phi) is 8.39. The van der Waals surface area contributed by atoms with Gasteiger partial charge in [-0.2, -0.15) is 12.6 Å². The molecule has 0 aromatic rings. The van der Waals surface area contributed by atoms with Crippen LogP contribution >= 0.6 is 12.6 Å². The van der Waals surface area contributed by atoms with Crippen LogP contribution in [0.4, 0.5) is 0 Å². The maximum Gasteiger partial charge on any atom is 0.244 e. The molecule has 0 aromatic heterocycles. The van der Waals surface area contributed by atoms with Gasteiger partial charge < -0.3 is 5.32 Å². The number of amides is 1. The summed E-state index contributed by atoms with van der Waals surface area (Å²) in [6.07, 6.45) is 10.1. The molecule has 1 aliphatic rings. The first-order chi connectivity index (χ1) is 11.7. The Morgan fingerprint density at radius 1 is 1.08 bits per heavy atom. The number of rotatable bonds is 11. The molecule has 1 N–H and O–H groups in total. The monoisotopic (exact) mass is 367 g/mol. The number of hydrogen-bond donors (Lipinski definition) is 2. The molecule has 1 amide bonds. The molecule has 0 aliphatic heterocycles. The Balaban J connectivity index is 2.33. The van der Waals surface area contributed by atoms with E-state index in [4.69, 9.17) is 0 Å². The lowest BCUT2D eigenvalue weighted by molar-refractivity contribution is -0.139. The van der Waals surface area contributed by atoms with Crippen LogP contribution in [0.1, 0.15) is 72.6 Å². The van der Waals surface area contributed by atoms with Gasteiger partial charge in [0.25, 0.3) is 0 Å². The molecule has 0 spiro atoms. The summed E-state index contributed by atoms with van der Waals surface area (Å²) in [6.45, 7) is 8.12. The molecule has 0 heterocycles. The predicted molar refractivity (Wildman–Crippen MR) is 105 cm³/mol. The molecule has 1 aliphatic carbocycles. The highest BCUT2D eigenvalue weighted by atomic mass is 32.1. The molecule has 0 unspecified atom stereocenters. The van der Waals surface area contributed by atoms with Crippen molar-refractivity contribution < 1.29 is 14.4 Å². The molecule has 0 radical (unpaired) electrons. The quantitative estimate of drug-likeness (QED) is 0.331. The maximum atomic E-state index is 12.3. The maximum absolute atomic E-state index is 12.3. The molecular formula is C20H33NO3S. The van der Waals surface area contributed by atoms with Gasteiger partial charge in [-0.15, -0.1) is 0 Å². The van der Waals surface area contributed by atoms with E-state index in [-0.39, 0.29) is 23.4 Å². The fourth-order valence-corrected chi connectivity index (χ4v) is 3.81. The Morgan fingerprint density at radius 2 is 1.68 bits per heavy atom. The number of thiol groups is 1. The van der Waals surface area contributed by atoms with E-state index >= 15 is 0 Å².